The summed E-state index contributed by atoms with van der Waals surface area (Å²) >= 11 is 0. The molecule has 0 spiro atoms. The predicted octanol–water partition coefficient (Wildman–Crippen LogP) is 2.23. The highest BCUT2D eigenvalue weighted by atomic mass is 16.3. The summed E-state index contributed by atoms with van der Waals surface area (Å²) in [6.45, 7) is 1.95. The monoisotopic (exact) mass is 272 g/mol. The smallest absolute Gasteiger partial charge is 0.220 e. The number of para-hydroxylation sites is 1. The lowest BCUT2D eigenvalue weighted by Gasteiger charge is -2.23. The molecule has 1 atom stereocenters. The number of nitrogens with one attached hydrogen (secondary N) is 2. The average Bonchev–Trinajstić information content (AvgIpc) is 2.89. The number of benzene rings is 1. The number of rotatable bonds is 4. The Balaban J connectivity index is 1.51. The molecule has 0 radical (unpaired) electrons. The molecule has 0 unspecified atom stereocenters. The van der Waals surface area contributed by atoms with Crippen molar-refractivity contribution < 1.29 is 9.21 Å². The molecule has 1 saturated heterocycles. The first-order valence-corrected chi connectivity index (χ1v) is 7.29. The molecule has 2 N–H and O–H groups in total. The molecule has 2 heterocycles. The van der Waals surface area contributed by atoms with Gasteiger partial charge in [0.1, 0.15) is 11.3 Å². The number of carbonyl (C=O) groups excluding carboxylic acids is 1. The topological polar surface area (TPSA) is 54.3 Å². The SMILES string of the molecule is O=C(CCc1cc2ccccc2o1)N[C@H]1CCCNC1. The first-order chi connectivity index (χ1) is 9.81. The normalized spacial score (nSPS) is 19.1. The molecule has 2 aromatic rings. The van der Waals surface area contributed by atoms with Crippen molar-refractivity contribution in [1.82, 2.24) is 10.6 Å². The van der Waals surface area contributed by atoms with Gasteiger partial charge in [-0.05, 0) is 31.5 Å². The van der Waals surface area contributed by atoms with E-state index in [0.29, 0.717) is 12.8 Å². The minimum Gasteiger partial charge on any atom is -0.461 e. The standard InChI is InChI=1S/C16H20N2O2/c19-16(18-13-5-3-9-17-11-13)8-7-14-10-12-4-1-2-6-15(12)20-14/h1-2,4,6,10,13,17H,3,5,7-9,11H2,(H,18,19)/t13-/m0/s1. The van der Waals surface area contributed by atoms with E-state index in [1.165, 1.54) is 0 Å². The van der Waals surface area contributed by atoms with Crippen LogP contribution in [0.1, 0.15) is 25.0 Å². The molecule has 1 amide bonds. The molecule has 0 bridgehead atoms. The summed E-state index contributed by atoms with van der Waals surface area (Å²) in [5.41, 5.74) is 0.888. The average molecular weight is 272 g/mol. The fourth-order valence-corrected chi connectivity index (χ4v) is 2.67. The van der Waals surface area contributed by atoms with Crippen molar-refractivity contribution in [2.24, 2.45) is 0 Å². The summed E-state index contributed by atoms with van der Waals surface area (Å²) in [5, 5.41) is 7.47. The van der Waals surface area contributed by atoms with Crippen LogP contribution < -0.4 is 10.6 Å². The second-order valence-electron chi connectivity index (χ2n) is 5.36. The Labute approximate surface area is 118 Å². The van der Waals surface area contributed by atoms with Crippen molar-refractivity contribution in [2.75, 3.05) is 13.1 Å². The van der Waals surface area contributed by atoms with E-state index in [1.54, 1.807) is 0 Å². The predicted molar refractivity (Wildman–Crippen MR) is 78.6 cm³/mol. The van der Waals surface area contributed by atoms with E-state index in [4.69, 9.17) is 4.42 Å². The van der Waals surface area contributed by atoms with Gasteiger partial charge in [-0.15, -0.1) is 0 Å². The Bertz CT molecular complexity index is 552. The highest BCUT2D eigenvalue weighted by Gasteiger charge is 2.15. The number of hydrogen-bond donors (Lipinski definition) is 2. The van der Waals surface area contributed by atoms with Gasteiger partial charge in [0.2, 0.25) is 5.91 Å². The molecule has 1 aromatic carbocycles. The minimum atomic E-state index is 0.110. The van der Waals surface area contributed by atoms with Crippen molar-refractivity contribution >= 4 is 16.9 Å². The van der Waals surface area contributed by atoms with E-state index in [2.05, 4.69) is 10.6 Å². The highest BCUT2D eigenvalue weighted by molar-refractivity contribution is 5.79. The third kappa shape index (κ3) is 3.20. The van der Waals surface area contributed by atoms with E-state index >= 15 is 0 Å². The van der Waals surface area contributed by atoms with Gasteiger partial charge in [0.15, 0.2) is 0 Å². The number of hydrogen-bond acceptors (Lipinski definition) is 3. The van der Waals surface area contributed by atoms with Crippen LogP contribution in [-0.4, -0.2) is 25.0 Å². The van der Waals surface area contributed by atoms with Gasteiger partial charge in [0.05, 0.1) is 0 Å². The Morgan fingerprint density at radius 1 is 1.40 bits per heavy atom. The molecule has 0 aliphatic carbocycles. The van der Waals surface area contributed by atoms with E-state index in [0.717, 1.165) is 42.7 Å². The van der Waals surface area contributed by atoms with Gasteiger partial charge in [0, 0.05) is 30.8 Å². The molecule has 106 valence electrons. The van der Waals surface area contributed by atoms with Crippen LogP contribution in [0.25, 0.3) is 11.0 Å². The van der Waals surface area contributed by atoms with Crippen LogP contribution >= 0.6 is 0 Å². The molecule has 20 heavy (non-hydrogen) atoms. The largest absolute Gasteiger partial charge is 0.461 e. The van der Waals surface area contributed by atoms with Gasteiger partial charge in [-0.3, -0.25) is 4.79 Å². The van der Waals surface area contributed by atoms with Crippen LogP contribution in [0, 0.1) is 0 Å². The van der Waals surface area contributed by atoms with Gasteiger partial charge in [0.25, 0.3) is 0 Å². The molecule has 1 aliphatic rings. The zero-order chi connectivity index (χ0) is 13.8. The lowest BCUT2D eigenvalue weighted by atomic mass is 10.1. The Kier molecular flexibility index (Phi) is 4.02. The Morgan fingerprint density at radius 2 is 2.30 bits per heavy atom. The van der Waals surface area contributed by atoms with Gasteiger partial charge >= 0.3 is 0 Å². The van der Waals surface area contributed by atoms with E-state index in [1.807, 2.05) is 30.3 Å². The van der Waals surface area contributed by atoms with E-state index < -0.39 is 0 Å². The summed E-state index contributed by atoms with van der Waals surface area (Å²) in [4.78, 5) is 11.9. The third-order valence-corrected chi connectivity index (χ3v) is 3.74. The first kappa shape index (κ1) is 13.2. The van der Waals surface area contributed by atoms with E-state index in [-0.39, 0.29) is 11.9 Å². The van der Waals surface area contributed by atoms with Crippen molar-refractivity contribution in [3.63, 3.8) is 0 Å². The molecule has 4 heteroatoms. The van der Waals surface area contributed by atoms with Crippen molar-refractivity contribution in [3.8, 4) is 0 Å². The number of amides is 1. The van der Waals surface area contributed by atoms with Gasteiger partial charge < -0.3 is 15.1 Å². The molecular weight excluding hydrogens is 252 g/mol. The number of carbonyl (C=O) groups is 1. The van der Waals surface area contributed by atoms with Gasteiger partial charge in [-0.1, -0.05) is 18.2 Å². The van der Waals surface area contributed by atoms with Crippen LogP contribution in [0.15, 0.2) is 34.7 Å². The number of fused-ring (bicyclic) bond motifs is 1. The highest BCUT2D eigenvalue weighted by Crippen LogP contribution is 2.19. The molecule has 1 fully saturated rings. The lowest BCUT2D eigenvalue weighted by molar-refractivity contribution is -0.121. The van der Waals surface area contributed by atoms with Crippen molar-refractivity contribution in [1.29, 1.82) is 0 Å². The number of piperidine rings is 1. The molecule has 0 saturated carbocycles. The fourth-order valence-electron chi connectivity index (χ4n) is 2.67. The Hall–Kier alpha value is -1.81. The van der Waals surface area contributed by atoms with Crippen LogP contribution in [0.5, 0.6) is 0 Å². The summed E-state index contributed by atoms with van der Waals surface area (Å²) in [6.07, 6.45) is 3.34. The quantitative estimate of drug-likeness (QED) is 0.897. The fraction of sp³-hybridized carbons (Fsp3) is 0.438. The molecular formula is C16H20N2O2. The van der Waals surface area contributed by atoms with Crippen LogP contribution in [0.3, 0.4) is 0 Å². The lowest BCUT2D eigenvalue weighted by Crippen LogP contribution is -2.45. The number of furan rings is 1. The zero-order valence-electron chi connectivity index (χ0n) is 11.5. The van der Waals surface area contributed by atoms with Crippen LogP contribution in [-0.2, 0) is 11.2 Å². The zero-order valence-corrected chi connectivity index (χ0v) is 11.5. The maximum absolute atomic E-state index is 11.9. The first-order valence-electron chi connectivity index (χ1n) is 7.29. The van der Waals surface area contributed by atoms with Crippen LogP contribution in [0.2, 0.25) is 0 Å². The van der Waals surface area contributed by atoms with Gasteiger partial charge in [-0.25, -0.2) is 0 Å². The van der Waals surface area contributed by atoms with Crippen molar-refractivity contribution in [2.45, 2.75) is 31.7 Å². The maximum atomic E-state index is 11.9. The summed E-state index contributed by atoms with van der Waals surface area (Å²) in [7, 11) is 0. The van der Waals surface area contributed by atoms with Crippen LogP contribution in [0.4, 0.5) is 0 Å². The van der Waals surface area contributed by atoms with Gasteiger partial charge in [-0.2, -0.15) is 0 Å². The third-order valence-electron chi connectivity index (χ3n) is 3.74. The molecule has 3 rings (SSSR count). The second-order valence-corrected chi connectivity index (χ2v) is 5.36. The van der Waals surface area contributed by atoms with Crippen molar-refractivity contribution in [3.05, 3.63) is 36.1 Å². The molecule has 1 aliphatic heterocycles. The van der Waals surface area contributed by atoms with E-state index in [9.17, 15) is 4.79 Å². The minimum absolute atomic E-state index is 0.110. The Morgan fingerprint density at radius 3 is 3.10 bits per heavy atom. The summed E-state index contributed by atoms with van der Waals surface area (Å²) < 4.78 is 5.72. The number of aryl methyl sites for hydroxylation is 1. The summed E-state index contributed by atoms with van der Waals surface area (Å²) in [6, 6.07) is 10.2. The second kappa shape index (κ2) is 6.09. The summed E-state index contributed by atoms with van der Waals surface area (Å²) in [5.74, 6) is 0.988. The molecule has 1 aromatic heterocycles. The maximum Gasteiger partial charge on any atom is 0.220 e. The molecule has 4 nitrogen and oxygen atoms in total.